The molecule has 1 aromatic carbocycles. The van der Waals surface area contributed by atoms with Crippen molar-refractivity contribution in [3.05, 3.63) is 35.0 Å². The van der Waals surface area contributed by atoms with Gasteiger partial charge < -0.3 is 15.0 Å². The molecule has 1 N–H and O–H groups in total. The minimum atomic E-state index is -0.438. The number of benzene rings is 1. The lowest BCUT2D eigenvalue weighted by atomic mass is 10.0. The molecule has 23 heavy (non-hydrogen) atoms. The van der Waals surface area contributed by atoms with Crippen LogP contribution >= 0.6 is 11.6 Å². The molecule has 122 valence electrons. The van der Waals surface area contributed by atoms with Crippen molar-refractivity contribution in [1.29, 1.82) is 5.26 Å². The van der Waals surface area contributed by atoms with Gasteiger partial charge in [0.15, 0.2) is 0 Å². The third kappa shape index (κ3) is 4.64. The smallest absolute Gasteiger partial charge is 0.267 e. The molecular weight excluding hydrogens is 314 g/mol. The quantitative estimate of drug-likeness (QED) is 0.677. The van der Waals surface area contributed by atoms with Crippen LogP contribution in [0.1, 0.15) is 19.8 Å². The molecule has 0 spiro atoms. The van der Waals surface area contributed by atoms with Crippen LogP contribution in [0.2, 0.25) is 5.02 Å². The second-order valence-corrected chi connectivity index (χ2v) is 6.11. The molecular formula is C17H20ClN3O2. The van der Waals surface area contributed by atoms with Gasteiger partial charge in [-0.25, -0.2) is 0 Å². The fourth-order valence-corrected chi connectivity index (χ4v) is 2.86. The van der Waals surface area contributed by atoms with Crippen molar-refractivity contribution in [1.82, 2.24) is 4.90 Å². The Hall–Kier alpha value is -2.19. The van der Waals surface area contributed by atoms with E-state index in [1.165, 1.54) is 13.5 Å². The summed E-state index contributed by atoms with van der Waals surface area (Å²) in [5.41, 5.74) is 0.611. The second kappa shape index (κ2) is 7.89. The standard InChI is InChI=1S/C17H20ClN3O2/c1-12-4-3-7-21(10-12)11-13(9-19)17(22)20-14-5-6-16(23-2)15(18)8-14/h5-6,8,11-12H,3-4,7,10H2,1-2H3,(H,20,22)/b13-11-. The van der Waals surface area contributed by atoms with E-state index in [-0.39, 0.29) is 5.57 Å². The molecule has 1 aliphatic rings. The topological polar surface area (TPSA) is 65.4 Å². The number of anilines is 1. The molecule has 1 amide bonds. The SMILES string of the molecule is COc1ccc(NC(=O)/C(C#N)=C\N2CCCC(C)C2)cc1Cl. The zero-order valence-corrected chi connectivity index (χ0v) is 14.1. The maximum Gasteiger partial charge on any atom is 0.267 e. The predicted molar refractivity (Wildman–Crippen MR) is 90.3 cm³/mol. The summed E-state index contributed by atoms with van der Waals surface area (Å²) in [5.74, 6) is 0.665. The van der Waals surface area contributed by atoms with E-state index in [0.29, 0.717) is 22.4 Å². The van der Waals surface area contributed by atoms with Crippen molar-refractivity contribution in [2.45, 2.75) is 19.8 Å². The fourth-order valence-electron chi connectivity index (χ4n) is 2.61. The first kappa shape index (κ1) is 17.2. The van der Waals surface area contributed by atoms with Gasteiger partial charge in [-0.1, -0.05) is 18.5 Å². The Bertz CT molecular complexity index is 652. The van der Waals surface area contributed by atoms with Crippen LogP contribution in [0.15, 0.2) is 30.0 Å². The number of nitrogens with one attached hydrogen (secondary N) is 1. The molecule has 5 nitrogen and oxygen atoms in total. The highest BCUT2D eigenvalue weighted by Gasteiger charge is 2.17. The van der Waals surface area contributed by atoms with Crippen LogP contribution in [-0.4, -0.2) is 31.0 Å². The molecule has 0 aliphatic carbocycles. The Morgan fingerprint density at radius 1 is 1.57 bits per heavy atom. The zero-order valence-electron chi connectivity index (χ0n) is 13.3. The second-order valence-electron chi connectivity index (χ2n) is 5.70. The molecule has 0 aromatic heterocycles. The average molecular weight is 334 g/mol. The van der Waals surface area contributed by atoms with Crippen molar-refractivity contribution < 1.29 is 9.53 Å². The normalized spacial score (nSPS) is 18.3. The van der Waals surface area contributed by atoms with Gasteiger partial charge in [-0.2, -0.15) is 5.26 Å². The molecule has 0 radical (unpaired) electrons. The molecule has 6 heteroatoms. The summed E-state index contributed by atoms with van der Waals surface area (Å²) in [6, 6.07) is 6.91. The zero-order chi connectivity index (χ0) is 16.8. The van der Waals surface area contributed by atoms with Crippen LogP contribution in [-0.2, 0) is 4.79 Å². The summed E-state index contributed by atoms with van der Waals surface area (Å²) in [6.45, 7) is 3.91. The molecule has 1 heterocycles. The molecule has 1 aromatic rings. The van der Waals surface area contributed by atoms with E-state index in [9.17, 15) is 10.1 Å². The lowest BCUT2D eigenvalue weighted by molar-refractivity contribution is -0.112. The highest BCUT2D eigenvalue weighted by molar-refractivity contribution is 6.32. The summed E-state index contributed by atoms with van der Waals surface area (Å²) >= 11 is 6.03. The predicted octanol–water partition coefficient (Wildman–Crippen LogP) is 3.43. The molecule has 1 unspecified atom stereocenters. The maximum atomic E-state index is 12.3. The number of hydrogen-bond donors (Lipinski definition) is 1. The van der Waals surface area contributed by atoms with Gasteiger partial charge in [-0.15, -0.1) is 0 Å². The lowest BCUT2D eigenvalue weighted by Gasteiger charge is -2.29. The number of methoxy groups -OCH3 is 1. The van der Waals surface area contributed by atoms with Crippen LogP contribution in [0.5, 0.6) is 5.75 Å². The summed E-state index contributed by atoms with van der Waals surface area (Å²) in [7, 11) is 1.52. The molecule has 2 rings (SSSR count). The number of carbonyl (C=O) groups excluding carboxylic acids is 1. The summed E-state index contributed by atoms with van der Waals surface area (Å²) in [5, 5.41) is 12.3. The van der Waals surface area contributed by atoms with E-state index >= 15 is 0 Å². The van der Waals surface area contributed by atoms with Gasteiger partial charge in [-0.05, 0) is 37.0 Å². The molecule has 1 atom stereocenters. The number of ether oxygens (including phenoxy) is 1. The van der Waals surface area contributed by atoms with Crippen molar-refractivity contribution in [3.8, 4) is 11.8 Å². The number of piperidine rings is 1. The van der Waals surface area contributed by atoms with Gasteiger partial charge in [0.1, 0.15) is 17.4 Å². The van der Waals surface area contributed by atoms with Crippen molar-refractivity contribution in [2.75, 3.05) is 25.5 Å². The van der Waals surface area contributed by atoms with E-state index in [1.807, 2.05) is 11.0 Å². The summed E-state index contributed by atoms with van der Waals surface area (Å²) < 4.78 is 5.07. The Morgan fingerprint density at radius 3 is 2.96 bits per heavy atom. The lowest BCUT2D eigenvalue weighted by Crippen LogP contribution is -2.31. The first-order valence-electron chi connectivity index (χ1n) is 7.54. The van der Waals surface area contributed by atoms with Crippen molar-refractivity contribution >= 4 is 23.2 Å². The van der Waals surface area contributed by atoms with Gasteiger partial charge in [0.25, 0.3) is 5.91 Å². The molecule has 1 fully saturated rings. The maximum absolute atomic E-state index is 12.3. The summed E-state index contributed by atoms with van der Waals surface area (Å²) in [6.07, 6.45) is 3.91. The van der Waals surface area contributed by atoms with E-state index < -0.39 is 5.91 Å². The third-order valence-electron chi connectivity index (χ3n) is 3.77. The molecule has 1 saturated heterocycles. The number of amides is 1. The number of hydrogen-bond acceptors (Lipinski definition) is 4. The molecule has 1 aliphatic heterocycles. The number of likely N-dealkylation sites (tertiary alicyclic amines) is 1. The highest BCUT2D eigenvalue weighted by Crippen LogP contribution is 2.27. The van der Waals surface area contributed by atoms with E-state index in [4.69, 9.17) is 16.3 Å². The van der Waals surface area contributed by atoms with Gasteiger partial charge >= 0.3 is 0 Å². The number of nitrogens with zero attached hydrogens (tertiary/aromatic N) is 2. The first-order chi connectivity index (χ1) is 11.0. The van der Waals surface area contributed by atoms with E-state index in [1.54, 1.807) is 24.4 Å². The number of nitriles is 1. The number of rotatable bonds is 4. The summed E-state index contributed by atoms with van der Waals surface area (Å²) in [4.78, 5) is 14.3. The largest absolute Gasteiger partial charge is 0.495 e. The number of halogens is 1. The van der Waals surface area contributed by atoms with Gasteiger partial charge in [0.2, 0.25) is 0 Å². The van der Waals surface area contributed by atoms with Crippen LogP contribution in [0, 0.1) is 17.2 Å². The Kier molecular flexibility index (Phi) is 5.89. The van der Waals surface area contributed by atoms with Crippen LogP contribution in [0.25, 0.3) is 0 Å². The minimum Gasteiger partial charge on any atom is -0.495 e. The van der Waals surface area contributed by atoms with E-state index in [2.05, 4.69) is 12.2 Å². The highest BCUT2D eigenvalue weighted by atomic mass is 35.5. The van der Waals surface area contributed by atoms with Gasteiger partial charge in [0, 0.05) is 25.0 Å². The molecule has 0 bridgehead atoms. The number of carbonyl (C=O) groups is 1. The third-order valence-corrected chi connectivity index (χ3v) is 4.07. The monoisotopic (exact) mass is 333 g/mol. The Labute approximate surface area is 141 Å². The van der Waals surface area contributed by atoms with Crippen molar-refractivity contribution in [2.24, 2.45) is 5.92 Å². The Balaban J connectivity index is 2.08. The van der Waals surface area contributed by atoms with E-state index in [0.717, 1.165) is 19.5 Å². The Morgan fingerprint density at radius 2 is 2.35 bits per heavy atom. The van der Waals surface area contributed by atoms with Gasteiger partial charge in [-0.3, -0.25) is 4.79 Å². The first-order valence-corrected chi connectivity index (χ1v) is 7.92. The molecule has 0 saturated carbocycles. The fraction of sp³-hybridized carbons (Fsp3) is 0.412. The van der Waals surface area contributed by atoms with Crippen molar-refractivity contribution in [3.63, 3.8) is 0 Å². The minimum absolute atomic E-state index is 0.0889. The average Bonchev–Trinajstić information content (AvgIpc) is 2.52. The van der Waals surface area contributed by atoms with Gasteiger partial charge in [0.05, 0.1) is 12.1 Å². The van der Waals surface area contributed by atoms with Crippen LogP contribution in [0.3, 0.4) is 0 Å². The van der Waals surface area contributed by atoms with Crippen LogP contribution in [0.4, 0.5) is 5.69 Å². The van der Waals surface area contributed by atoms with Crippen LogP contribution < -0.4 is 10.1 Å².